The summed E-state index contributed by atoms with van der Waals surface area (Å²) in [6.07, 6.45) is 3.24. The molecule has 7 aromatic carbocycles. The first kappa shape index (κ1) is 33.2. The van der Waals surface area contributed by atoms with Crippen LogP contribution in [0.5, 0.6) is 0 Å². The number of rotatable bonds is 3. The molecule has 1 unspecified atom stereocenters. The van der Waals surface area contributed by atoms with E-state index in [0.29, 0.717) is 6.04 Å². The van der Waals surface area contributed by atoms with Gasteiger partial charge in [0.05, 0.1) is 28.3 Å². The van der Waals surface area contributed by atoms with Crippen molar-refractivity contribution < 1.29 is 0 Å². The molecule has 10 rings (SSSR count). The number of allylic oxidation sites excluding steroid dienone is 1. The zero-order valence-corrected chi connectivity index (χ0v) is 30.7. The van der Waals surface area contributed by atoms with Crippen LogP contribution in [-0.4, -0.2) is 16.2 Å². The summed E-state index contributed by atoms with van der Waals surface area (Å²) in [5, 5.41) is 8.00. The zero-order valence-electron chi connectivity index (χ0n) is 30.7. The van der Waals surface area contributed by atoms with Gasteiger partial charge < -0.3 is 4.40 Å². The number of dihydropyridines is 1. The van der Waals surface area contributed by atoms with E-state index in [0.717, 1.165) is 12.1 Å². The predicted octanol–water partition coefficient (Wildman–Crippen LogP) is 13.7. The van der Waals surface area contributed by atoms with E-state index in [1.807, 2.05) is 19.9 Å². The molecule has 0 amide bonds. The molecular weight excluding hydrogens is 629 g/mol. The van der Waals surface area contributed by atoms with Crippen LogP contribution in [0.15, 0.2) is 163 Å². The van der Waals surface area contributed by atoms with E-state index < -0.39 is 0 Å². The molecule has 1 aliphatic rings. The fourth-order valence-electron chi connectivity index (χ4n) is 8.12. The summed E-state index contributed by atoms with van der Waals surface area (Å²) in [5.41, 5.74) is 14.2. The molecule has 3 heterocycles. The SMILES string of the molecule is CC.CC1CC(c2ccccc2)=CC(c2ccccc2)=N1.Cc1ccccc1-c1ccc2c(ccc3c4cccc5c6ccccc6n(c23)c54)c1C. The maximum absolute atomic E-state index is 4.77. The Labute approximate surface area is 306 Å². The molecule has 0 N–H and O–H groups in total. The molecule has 0 radical (unpaired) electrons. The first-order valence-electron chi connectivity index (χ1n) is 18.6. The maximum Gasteiger partial charge on any atom is 0.0652 e. The minimum absolute atomic E-state index is 0.343. The maximum atomic E-state index is 4.77. The smallest absolute Gasteiger partial charge is 0.0652 e. The Balaban J connectivity index is 0.000000159. The van der Waals surface area contributed by atoms with Crippen molar-refractivity contribution in [2.45, 2.75) is 47.1 Å². The number of aliphatic imine (C=N–C) groups is 1. The van der Waals surface area contributed by atoms with Gasteiger partial charge >= 0.3 is 0 Å². The van der Waals surface area contributed by atoms with Crippen molar-refractivity contribution in [2.24, 2.45) is 4.99 Å². The van der Waals surface area contributed by atoms with Crippen LogP contribution in [-0.2, 0) is 0 Å². The lowest BCUT2D eigenvalue weighted by atomic mass is 9.92. The van der Waals surface area contributed by atoms with Crippen LogP contribution in [0.4, 0.5) is 0 Å². The summed E-state index contributed by atoms with van der Waals surface area (Å²) in [5.74, 6) is 0. The molecule has 0 spiro atoms. The summed E-state index contributed by atoms with van der Waals surface area (Å²) in [7, 11) is 0. The molecule has 254 valence electrons. The lowest BCUT2D eigenvalue weighted by Gasteiger charge is -2.19. The first-order chi connectivity index (χ1) is 25.6. The Morgan fingerprint density at radius 3 is 1.77 bits per heavy atom. The van der Waals surface area contributed by atoms with Crippen molar-refractivity contribution in [3.63, 3.8) is 0 Å². The second kappa shape index (κ2) is 14.0. The van der Waals surface area contributed by atoms with Crippen LogP contribution in [0, 0.1) is 13.8 Å². The summed E-state index contributed by atoms with van der Waals surface area (Å²) in [4.78, 5) is 4.77. The van der Waals surface area contributed by atoms with Crippen molar-refractivity contribution >= 4 is 60.2 Å². The largest absolute Gasteiger partial charge is 0.307 e. The van der Waals surface area contributed by atoms with Gasteiger partial charge in [0.25, 0.3) is 0 Å². The number of benzene rings is 7. The van der Waals surface area contributed by atoms with Crippen LogP contribution in [0.25, 0.3) is 65.6 Å². The zero-order chi connectivity index (χ0) is 35.8. The van der Waals surface area contributed by atoms with Gasteiger partial charge in [-0.1, -0.05) is 159 Å². The number of aryl methyl sites for hydroxylation is 2. The lowest BCUT2D eigenvalue weighted by Crippen LogP contribution is -2.12. The van der Waals surface area contributed by atoms with E-state index in [1.165, 1.54) is 87.8 Å². The number of hydrogen-bond donors (Lipinski definition) is 0. The van der Waals surface area contributed by atoms with E-state index in [2.05, 4.69) is 177 Å². The van der Waals surface area contributed by atoms with E-state index in [9.17, 15) is 0 Å². The highest BCUT2D eigenvalue weighted by Gasteiger charge is 2.20. The molecule has 2 heteroatoms. The van der Waals surface area contributed by atoms with Crippen molar-refractivity contribution in [3.8, 4) is 11.1 Å². The van der Waals surface area contributed by atoms with Gasteiger partial charge in [-0.15, -0.1) is 0 Å². The highest BCUT2D eigenvalue weighted by molar-refractivity contribution is 6.27. The third-order valence-electron chi connectivity index (χ3n) is 10.5. The van der Waals surface area contributed by atoms with Crippen LogP contribution in [0.2, 0.25) is 0 Å². The monoisotopic (exact) mass is 672 g/mol. The molecule has 0 fully saturated rings. The van der Waals surface area contributed by atoms with Gasteiger partial charge in [-0.2, -0.15) is 0 Å². The van der Waals surface area contributed by atoms with Gasteiger partial charge in [-0.3, -0.25) is 4.99 Å². The third kappa shape index (κ3) is 5.65. The molecule has 0 saturated carbocycles. The van der Waals surface area contributed by atoms with E-state index in [4.69, 9.17) is 4.99 Å². The average molecular weight is 673 g/mol. The predicted molar refractivity (Wildman–Crippen MR) is 226 cm³/mol. The number of hydrogen-bond acceptors (Lipinski definition) is 1. The number of para-hydroxylation sites is 2. The molecule has 52 heavy (non-hydrogen) atoms. The quantitative estimate of drug-likeness (QED) is 0.178. The van der Waals surface area contributed by atoms with E-state index in [-0.39, 0.29) is 0 Å². The molecular formula is C50H44N2. The van der Waals surface area contributed by atoms with Crippen LogP contribution >= 0.6 is 0 Å². The van der Waals surface area contributed by atoms with Gasteiger partial charge in [0.15, 0.2) is 0 Å². The Hall–Kier alpha value is -5.99. The Morgan fingerprint density at radius 2 is 1.04 bits per heavy atom. The fourth-order valence-corrected chi connectivity index (χ4v) is 8.12. The summed E-state index contributed by atoms with van der Waals surface area (Å²) < 4.78 is 2.49. The van der Waals surface area contributed by atoms with Crippen molar-refractivity contribution in [1.29, 1.82) is 0 Å². The van der Waals surface area contributed by atoms with Gasteiger partial charge in [-0.25, -0.2) is 0 Å². The molecule has 2 nitrogen and oxygen atoms in total. The summed E-state index contributed by atoms with van der Waals surface area (Å²) >= 11 is 0. The molecule has 0 saturated heterocycles. The lowest BCUT2D eigenvalue weighted by molar-refractivity contribution is 0.764. The number of nitrogens with zero attached hydrogens (tertiary/aromatic N) is 2. The van der Waals surface area contributed by atoms with Crippen molar-refractivity contribution in [2.75, 3.05) is 0 Å². The van der Waals surface area contributed by atoms with E-state index >= 15 is 0 Å². The van der Waals surface area contributed by atoms with Crippen LogP contribution in [0.1, 0.15) is 49.4 Å². The third-order valence-corrected chi connectivity index (χ3v) is 10.5. The van der Waals surface area contributed by atoms with Gasteiger partial charge in [0.2, 0.25) is 0 Å². The molecule has 0 aliphatic carbocycles. The topological polar surface area (TPSA) is 16.8 Å². The Kier molecular flexibility index (Phi) is 8.91. The number of fused-ring (bicyclic) bond motifs is 8. The van der Waals surface area contributed by atoms with Gasteiger partial charge in [-0.05, 0) is 83.7 Å². The molecule has 9 aromatic rings. The fraction of sp³-hybridized carbons (Fsp3) is 0.140. The minimum atomic E-state index is 0.343. The van der Waals surface area contributed by atoms with Crippen molar-refractivity contribution in [1.82, 2.24) is 4.40 Å². The van der Waals surface area contributed by atoms with Crippen LogP contribution < -0.4 is 0 Å². The van der Waals surface area contributed by atoms with Crippen molar-refractivity contribution in [3.05, 3.63) is 180 Å². The average Bonchev–Trinajstić information content (AvgIpc) is 3.73. The second-order valence-corrected chi connectivity index (χ2v) is 13.6. The minimum Gasteiger partial charge on any atom is -0.307 e. The van der Waals surface area contributed by atoms with Gasteiger partial charge in [0, 0.05) is 26.9 Å². The number of aromatic nitrogens is 1. The highest BCUT2D eigenvalue weighted by Crippen LogP contribution is 2.43. The highest BCUT2D eigenvalue weighted by atomic mass is 14.9. The Bertz CT molecular complexity index is 2750. The van der Waals surface area contributed by atoms with Gasteiger partial charge in [0.1, 0.15) is 0 Å². The first-order valence-corrected chi connectivity index (χ1v) is 18.6. The van der Waals surface area contributed by atoms with Crippen LogP contribution in [0.3, 0.4) is 0 Å². The normalized spacial score (nSPS) is 14.2. The molecule has 0 bridgehead atoms. The summed E-state index contributed by atoms with van der Waals surface area (Å²) in [6, 6.07) is 54.8. The summed E-state index contributed by atoms with van der Waals surface area (Å²) in [6.45, 7) is 10.6. The standard InChI is InChI=1S/C30H21N.C18H17N.C2H6/c1-18-8-3-4-9-20(18)21-14-16-26-22(19(21)2)15-17-27-25-12-7-11-24-23-10-5-6-13-28(23)31(29(24)25)30(26)27;1-14-12-17(15-8-4-2-5-9-15)13-18(19-14)16-10-6-3-7-11-16;1-2/h3-17H,1-2H3;2-11,13-14H,12H2,1H3;1-2H3. The van der Waals surface area contributed by atoms with E-state index in [1.54, 1.807) is 0 Å². The molecule has 1 aliphatic heterocycles. The Morgan fingerprint density at radius 1 is 0.500 bits per heavy atom. The second-order valence-electron chi connectivity index (χ2n) is 13.6. The molecule has 2 aromatic heterocycles. The molecule has 1 atom stereocenters.